The molecule has 142 valence electrons. The summed E-state index contributed by atoms with van der Waals surface area (Å²) in [6.45, 7) is 0.0125. The van der Waals surface area contributed by atoms with E-state index < -0.39 is 0 Å². The summed E-state index contributed by atoms with van der Waals surface area (Å²) in [6, 6.07) is 8.35. The van der Waals surface area contributed by atoms with E-state index in [0.717, 1.165) is 0 Å². The van der Waals surface area contributed by atoms with Crippen molar-refractivity contribution < 1.29 is 28.1 Å². The lowest BCUT2D eigenvalue weighted by Crippen LogP contribution is -2.08. The van der Waals surface area contributed by atoms with Gasteiger partial charge in [-0.3, -0.25) is 4.79 Å². The zero-order valence-electron chi connectivity index (χ0n) is 15.5. The van der Waals surface area contributed by atoms with Crippen LogP contribution in [0.5, 0.6) is 23.0 Å². The fourth-order valence-corrected chi connectivity index (χ4v) is 2.73. The first-order valence-corrected chi connectivity index (χ1v) is 8.10. The van der Waals surface area contributed by atoms with Crippen LogP contribution in [-0.2, 0) is 4.74 Å². The molecule has 0 N–H and O–H groups in total. The Kier molecular flexibility index (Phi) is 5.52. The van der Waals surface area contributed by atoms with Crippen LogP contribution in [0.15, 0.2) is 45.8 Å². The number of hydrogen-bond donors (Lipinski definition) is 0. The van der Waals surface area contributed by atoms with Crippen LogP contribution in [0, 0.1) is 0 Å². The fourth-order valence-electron chi connectivity index (χ4n) is 2.73. The van der Waals surface area contributed by atoms with Crippen LogP contribution in [0.3, 0.4) is 0 Å². The van der Waals surface area contributed by atoms with Crippen molar-refractivity contribution in [2.75, 3.05) is 35.2 Å². The van der Waals surface area contributed by atoms with E-state index in [1.165, 1.54) is 27.6 Å². The van der Waals surface area contributed by atoms with Gasteiger partial charge in [0.1, 0.15) is 23.3 Å². The lowest BCUT2D eigenvalue weighted by molar-refractivity contribution is 0.0513. The molecule has 2 aromatic carbocycles. The Bertz CT molecular complexity index is 1010. The van der Waals surface area contributed by atoms with Crippen molar-refractivity contribution in [1.29, 1.82) is 0 Å². The van der Waals surface area contributed by atoms with Gasteiger partial charge in [-0.2, -0.15) is 0 Å². The molecule has 27 heavy (non-hydrogen) atoms. The van der Waals surface area contributed by atoms with Crippen molar-refractivity contribution in [2.45, 2.75) is 0 Å². The monoisotopic (exact) mass is 372 g/mol. The van der Waals surface area contributed by atoms with Crippen LogP contribution < -0.4 is 24.4 Å². The van der Waals surface area contributed by atoms with E-state index in [1.54, 1.807) is 37.4 Å². The minimum Gasteiger partial charge on any atom is -0.497 e. The SMILES string of the molecule is COCOc1cc(OC)c(OC)cc1-c1coc2cc(OC)ccc2c1=O. The van der Waals surface area contributed by atoms with Crippen LogP contribution >= 0.6 is 0 Å². The minimum atomic E-state index is -0.201. The molecule has 0 spiro atoms. The van der Waals surface area contributed by atoms with E-state index in [4.69, 9.17) is 28.1 Å². The molecule has 7 nitrogen and oxygen atoms in total. The smallest absolute Gasteiger partial charge is 0.200 e. The second kappa shape index (κ2) is 8.01. The third-order valence-corrected chi connectivity index (χ3v) is 4.09. The van der Waals surface area contributed by atoms with Gasteiger partial charge in [0, 0.05) is 24.8 Å². The zero-order chi connectivity index (χ0) is 19.4. The van der Waals surface area contributed by atoms with Crippen LogP contribution in [0.2, 0.25) is 0 Å². The molecule has 0 unspecified atom stereocenters. The van der Waals surface area contributed by atoms with E-state index in [2.05, 4.69) is 0 Å². The highest BCUT2D eigenvalue weighted by Gasteiger charge is 2.18. The lowest BCUT2D eigenvalue weighted by Gasteiger charge is -2.15. The molecule has 3 aromatic rings. The molecule has 0 bridgehead atoms. The minimum absolute atomic E-state index is 0.0125. The second-order valence-corrected chi connectivity index (χ2v) is 5.59. The summed E-state index contributed by atoms with van der Waals surface area (Å²) in [7, 11) is 6.11. The van der Waals surface area contributed by atoms with Crippen molar-refractivity contribution in [3.8, 4) is 34.1 Å². The Labute approximate surface area is 156 Å². The predicted octanol–water partition coefficient (Wildman–Crippen LogP) is 3.47. The Morgan fingerprint density at radius 1 is 0.852 bits per heavy atom. The first kappa shape index (κ1) is 18.6. The largest absolute Gasteiger partial charge is 0.497 e. The Morgan fingerprint density at radius 2 is 1.59 bits per heavy atom. The van der Waals surface area contributed by atoms with Crippen LogP contribution in [0.1, 0.15) is 0 Å². The molecule has 3 rings (SSSR count). The highest BCUT2D eigenvalue weighted by atomic mass is 16.7. The standard InChI is InChI=1S/C20H20O7/c1-22-11-27-17-9-19(25-4)18(24-3)8-14(17)15-10-26-16-7-12(23-2)5-6-13(16)20(15)21/h5-10H,11H2,1-4H3. The van der Waals surface area contributed by atoms with E-state index in [0.29, 0.717) is 45.1 Å². The van der Waals surface area contributed by atoms with E-state index in [-0.39, 0.29) is 12.2 Å². The number of fused-ring (bicyclic) bond motifs is 1. The predicted molar refractivity (Wildman–Crippen MR) is 100 cm³/mol. The van der Waals surface area contributed by atoms with Gasteiger partial charge in [0.05, 0.1) is 32.3 Å². The van der Waals surface area contributed by atoms with E-state index >= 15 is 0 Å². The molecule has 0 saturated carbocycles. The maximum Gasteiger partial charge on any atom is 0.200 e. The van der Waals surface area contributed by atoms with Crippen LogP contribution in [0.25, 0.3) is 22.1 Å². The molecule has 0 aliphatic heterocycles. The van der Waals surface area contributed by atoms with Gasteiger partial charge in [-0.1, -0.05) is 0 Å². The quantitative estimate of drug-likeness (QED) is 0.588. The molecule has 0 fully saturated rings. The second-order valence-electron chi connectivity index (χ2n) is 5.59. The molecule has 0 amide bonds. The summed E-state index contributed by atoms with van der Waals surface area (Å²) in [5, 5.41) is 0.431. The average molecular weight is 372 g/mol. The molecular weight excluding hydrogens is 352 g/mol. The highest BCUT2D eigenvalue weighted by molar-refractivity contribution is 5.84. The van der Waals surface area contributed by atoms with Gasteiger partial charge in [0.25, 0.3) is 0 Å². The van der Waals surface area contributed by atoms with Crippen molar-refractivity contribution in [3.05, 3.63) is 46.8 Å². The Morgan fingerprint density at radius 3 is 2.26 bits per heavy atom. The fraction of sp³-hybridized carbons (Fsp3) is 0.250. The molecule has 1 aromatic heterocycles. The van der Waals surface area contributed by atoms with Crippen molar-refractivity contribution in [2.24, 2.45) is 0 Å². The third kappa shape index (κ3) is 3.54. The Balaban J connectivity index is 2.22. The zero-order valence-corrected chi connectivity index (χ0v) is 15.5. The number of rotatable bonds is 7. The van der Waals surface area contributed by atoms with Gasteiger partial charge in [-0.05, 0) is 18.2 Å². The number of hydrogen-bond acceptors (Lipinski definition) is 7. The van der Waals surface area contributed by atoms with E-state index in [1.807, 2.05) is 0 Å². The molecule has 0 aliphatic carbocycles. The summed E-state index contributed by atoms with van der Waals surface area (Å²) in [5.41, 5.74) is 1.08. The summed E-state index contributed by atoms with van der Waals surface area (Å²) in [5.74, 6) is 1.96. The lowest BCUT2D eigenvalue weighted by atomic mass is 10.0. The van der Waals surface area contributed by atoms with Gasteiger partial charge in [-0.15, -0.1) is 0 Å². The summed E-state index contributed by atoms with van der Waals surface area (Å²) in [4.78, 5) is 13.0. The topological polar surface area (TPSA) is 76.4 Å². The molecule has 7 heteroatoms. The van der Waals surface area contributed by atoms with E-state index in [9.17, 15) is 4.79 Å². The third-order valence-electron chi connectivity index (χ3n) is 4.09. The van der Waals surface area contributed by atoms with Gasteiger partial charge < -0.3 is 28.1 Å². The van der Waals surface area contributed by atoms with Crippen molar-refractivity contribution in [1.82, 2.24) is 0 Å². The van der Waals surface area contributed by atoms with Gasteiger partial charge in [0.15, 0.2) is 18.3 Å². The molecule has 0 radical (unpaired) electrons. The van der Waals surface area contributed by atoms with Gasteiger partial charge >= 0.3 is 0 Å². The molecular formula is C20H20O7. The van der Waals surface area contributed by atoms with Crippen LogP contribution in [0.4, 0.5) is 0 Å². The maximum absolute atomic E-state index is 13.0. The summed E-state index contributed by atoms with van der Waals surface area (Å²) >= 11 is 0. The molecule has 0 saturated heterocycles. The molecule has 0 atom stereocenters. The molecule has 1 heterocycles. The molecule has 0 aliphatic rings. The summed E-state index contributed by atoms with van der Waals surface area (Å²) in [6.07, 6.45) is 1.39. The number of ether oxygens (including phenoxy) is 5. The first-order chi connectivity index (χ1) is 13.1. The highest BCUT2D eigenvalue weighted by Crippen LogP contribution is 2.39. The average Bonchev–Trinajstić information content (AvgIpc) is 2.71. The van der Waals surface area contributed by atoms with Crippen molar-refractivity contribution >= 4 is 11.0 Å². The van der Waals surface area contributed by atoms with Gasteiger partial charge in [-0.25, -0.2) is 0 Å². The first-order valence-electron chi connectivity index (χ1n) is 8.10. The van der Waals surface area contributed by atoms with Crippen LogP contribution in [-0.4, -0.2) is 35.2 Å². The van der Waals surface area contributed by atoms with Crippen molar-refractivity contribution in [3.63, 3.8) is 0 Å². The normalized spacial score (nSPS) is 10.7. The summed E-state index contributed by atoms with van der Waals surface area (Å²) < 4.78 is 32.1. The maximum atomic E-state index is 13.0. The van der Waals surface area contributed by atoms with Gasteiger partial charge in [0.2, 0.25) is 5.43 Å². The number of benzene rings is 2. The Hall–Kier alpha value is -3.19. The number of methoxy groups -OCH3 is 4.